The van der Waals surface area contributed by atoms with Gasteiger partial charge in [0, 0.05) is 0 Å². The van der Waals surface area contributed by atoms with E-state index in [1.54, 1.807) is 0 Å². The van der Waals surface area contributed by atoms with Gasteiger partial charge in [0.1, 0.15) is 5.82 Å². The summed E-state index contributed by atoms with van der Waals surface area (Å²) in [5.41, 5.74) is -0.448. The third-order valence-electron chi connectivity index (χ3n) is 3.94. The minimum atomic E-state index is -1.38. The maximum absolute atomic E-state index is 13.2. The van der Waals surface area contributed by atoms with E-state index < -0.39 is 35.4 Å². The molecule has 1 N–H and O–H groups in total. The number of amides is 2. The van der Waals surface area contributed by atoms with Crippen LogP contribution in [0, 0.1) is 17.7 Å². The molecule has 2 atom stereocenters. The molecule has 1 aromatic carbocycles. The Labute approximate surface area is 119 Å². The Morgan fingerprint density at radius 1 is 1.14 bits per heavy atom. The van der Waals surface area contributed by atoms with Crippen LogP contribution < -0.4 is 4.90 Å². The lowest BCUT2D eigenvalue weighted by atomic mass is 9.85. The van der Waals surface area contributed by atoms with Crippen molar-refractivity contribution in [3.63, 3.8) is 0 Å². The molecule has 21 heavy (non-hydrogen) atoms. The van der Waals surface area contributed by atoms with Crippen LogP contribution in [-0.4, -0.2) is 22.9 Å². The van der Waals surface area contributed by atoms with Gasteiger partial charge >= 0.3 is 5.97 Å². The third kappa shape index (κ3) is 2.03. The van der Waals surface area contributed by atoms with Crippen molar-refractivity contribution in [2.45, 2.75) is 12.8 Å². The fourth-order valence-corrected chi connectivity index (χ4v) is 2.91. The van der Waals surface area contributed by atoms with Gasteiger partial charge in [-0.1, -0.05) is 12.2 Å². The molecular weight excluding hydrogens is 277 g/mol. The Morgan fingerprint density at radius 2 is 1.71 bits per heavy atom. The van der Waals surface area contributed by atoms with Gasteiger partial charge < -0.3 is 5.11 Å². The Bertz CT molecular complexity index is 656. The van der Waals surface area contributed by atoms with Crippen molar-refractivity contribution in [2.24, 2.45) is 11.8 Å². The molecule has 5 nitrogen and oxygen atoms in total. The molecular formula is C15H12FNO4. The molecule has 2 amide bonds. The molecule has 2 aliphatic rings. The lowest BCUT2D eigenvalue weighted by molar-refractivity contribution is -0.122. The number of rotatable bonds is 2. The van der Waals surface area contributed by atoms with Gasteiger partial charge in [-0.05, 0) is 31.0 Å². The maximum atomic E-state index is 13.2. The lowest BCUT2D eigenvalue weighted by Gasteiger charge is -2.17. The first-order chi connectivity index (χ1) is 10.0. The lowest BCUT2D eigenvalue weighted by Crippen LogP contribution is -2.32. The van der Waals surface area contributed by atoms with Gasteiger partial charge in [0.25, 0.3) is 0 Å². The summed E-state index contributed by atoms with van der Waals surface area (Å²) in [5, 5.41) is 9.15. The molecule has 1 heterocycles. The molecule has 1 aliphatic heterocycles. The summed E-state index contributed by atoms with van der Waals surface area (Å²) >= 11 is 0. The second kappa shape index (κ2) is 4.80. The van der Waals surface area contributed by atoms with E-state index in [9.17, 15) is 18.8 Å². The van der Waals surface area contributed by atoms with E-state index in [4.69, 9.17) is 5.11 Å². The van der Waals surface area contributed by atoms with Crippen LogP contribution in [0.3, 0.4) is 0 Å². The summed E-state index contributed by atoms with van der Waals surface area (Å²) in [4.78, 5) is 36.9. The van der Waals surface area contributed by atoms with Crippen molar-refractivity contribution in [3.05, 3.63) is 41.7 Å². The number of hydrogen-bond acceptors (Lipinski definition) is 3. The minimum Gasteiger partial charge on any atom is -0.478 e. The number of benzene rings is 1. The van der Waals surface area contributed by atoms with Crippen LogP contribution >= 0.6 is 0 Å². The van der Waals surface area contributed by atoms with Crippen molar-refractivity contribution in [1.29, 1.82) is 0 Å². The molecule has 108 valence electrons. The molecule has 1 saturated heterocycles. The van der Waals surface area contributed by atoms with Crippen LogP contribution in [0.4, 0.5) is 10.1 Å². The second-order valence-corrected chi connectivity index (χ2v) is 5.13. The van der Waals surface area contributed by atoms with Crippen molar-refractivity contribution in [2.75, 3.05) is 4.90 Å². The molecule has 0 bridgehead atoms. The highest BCUT2D eigenvalue weighted by molar-refractivity contribution is 6.23. The average molecular weight is 289 g/mol. The van der Waals surface area contributed by atoms with E-state index >= 15 is 0 Å². The Hall–Kier alpha value is -2.50. The number of carbonyl (C=O) groups excluding carboxylic acids is 2. The highest BCUT2D eigenvalue weighted by Crippen LogP contribution is 2.38. The van der Waals surface area contributed by atoms with E-state index in [0.29, 0.717) is 12.8 Å². The topological polar surface area (TPSA) is 74.7 Å². The van der Waals surface area contributed by atoms with E-state index in [1.807, 2.05) is 12.2 Å². The zero-order chi connectivity index (χ0) is 15.1. The van der Waals surface area contributed by atoms with E-state index in [0.717, 1.165) is 17.0 Å². The van der Waals surface area contributed by atoms with Crippen LogP contribution in [0.15, 0.2) is 30.4 Å². The number of carboxylic acids is 1. The Morgan fingerprint density at radius 3 is 2.24 bits per heavy atom. The summed E-state index contributed by atoms with van der Waals surface area (Å²) in [7, 11) is 0. The maximum Gasteiger partial charge on any atom is 0.337 e. The number of imide groups is 1. The van der Waals surface area contributed by atoms with Crippen LogP contribution in [-0.2, 0) is 9.59 Å². The van der Waals surface area contributed by atoms with Gasteiger partial charge in [-0.2, -0.15) is 0 Å². The summed E-state index contributed by atoms with van der Waals surface area (Å²) in [5.74, 6) is -3.83. The van der Waals surface area contributed by atoms with E-state index in [2.05, 4.69) is 0 Å². The van der Waals surface area contributed by atoms with E-state index in [-0.39, 0.29) is 11.3 Å². The summed E-state index contributed by atoms with van der Waals surface area (Å²) in [6.45, 7) is 0. The quantitative estimate of drug-likeness (QED) is 0.667. The zero-order valence-electron chi connectivity index (χ0n) is 11.0. The van der Waals surface area contributed by atoms with Crippen LogP contribution in [0.2, 0.25) is 0 Å². The van der Waals surface area contributed by atoms with Gasteiger partial charge in [-0.25, -0.2) is 14.1 Å². The fraction of sp³-hybridized carbons (Fsp3) is 0.267. The number of nitrogens with zero attached hydrogens (tertiary/aromatic N) is 1. The van der Waals surface area contributed by atoms with Gasteiger partial charge in [0.15, 0.2) is 0 Å². The monoisotopic (exact) mass is 289 g/mol. The zero-order valence-corrected chi connectivity index (χ0v) is 11.0. The number of halogens is 1. The summed E-state index contributed by atoms with van der Waals surface area (Å²) < 4.78 is 13.2. The standard InChI is InChI=1S/C15H12FNO4/c16-8-5-6-12(11(7-8)15(20)21)17-13(18)9-3-1-2-4-10(9)14(17)19/h1-2,5-7,9-10H,3-4H2,(H,20,21). The molecule has 6 heteroatoms. The smallest absolute Gasteiger partial charge is 0.337 e. The highest BCUT2D eigenvalue weighted by atomic mass is 19.1. The van der Waals surface area contributed by atoms with Gasteiger partial charge in [-0.15, -0.1) is 0 Å². The van der Waals surface area contributed by atoms with Crippen LogP contribution in [0.1, 0.15) is 23.2 Å². The van der Waals surface area contributed by atoms with E-state index in [1.165, 1.54) is 6.07 Å². The second-order valence-electron chi connectivity index (χ2n) is 5.13. The molecule has 1 aromatic rings. The number of carboxylic acid groups (broad SMARTS) is 1. The molecule has 0 aromatic heterocycles. The number of aromatic carboxylic acids is 1. The SMILES string of the molecule is O=C(O)c1cc(F)ccc1N1C(=O)C2CC=CCC2C1=O. The van der Waals surface area contributed by atoms with Gasteiger partial charge in [0.05, 0.1) is 23.1 Å². The normalized spacial score (nSPS) is 24.3. The molecule has 0 saturated carbocycles. The van der Waals surface area contributed by atoms with Crippen molar-refractivity contribution in [3.8, 4) is 0 Å². The van der Waals surface area contributed by atoms with Gasteiger partial charge in [0.2, 0.25) is 11.8 Å². The third-order valence-corrected chi connectivity index (χ3v) is 3.94. The average Bonchev–Trinajstić information content (AvgIpc) is 2.72. The summed E-state index contributed by atoms with van der Waals surface area (Å²) in [6.07, 6.45) is 4.63. The Kier molecular flexibility index (Phi) is 3.08. The highest BCUT2D eigenvalue weighted by Gasteiger charge is 2.48. The van der Waals surface area contributed by atoms with Crippen LogP contribution in [0.25, 0.3) is 0 Å². The molecule has 1 aliphatic carbocycles. The predicted molar refractivity (Wildman–Crippen MR) is 71.2 cm³/mol. The first-order valence-corrected chi connectivity index (χ1v) is 6.56. The molecule has 1 fully saturated rings. The molecule has 3 rings (SSSR count). The molecule has 0 spiro atoms. The fourth-order valence-electron chi connectivity index (χ4n) is 2.91. The number of carbonyl (C=O) groups is 3. The van der Waals surface area contributed by atoms with Crippen molar-refractivity contribution in [1.82, 2.24) is 0 Å². The van der Waals surface area contributed by atoms with Crippen molar-refractivity contribution >= 4 is 23.5 Å². The van der Waals surface area contributed by atoms with Crippen molar-refractivity contribution < 1.29 is 23.9 Å². The first-order valence-electron chi connectivity index (χ1n) is 6.56. The predicted octanol–water partition coefficient (Wildman–Crippen LogP) is 1.98. The first kappa shape index (κ1) is 13.5. The molecule has 0 radical (unpaired) electrons. The Balaban J connectivity index is 2.07. The molecule has 2 unspecified atom stereocenters. The summed E-state index contributed by atoms with van der Waals surface area (Å²) in [6, 6.07) is 3.03. The number of fused-ring (bicyclic) bond motifs is 1. The largest absolute Gasteiger partial charge is 0.478 e. The number of hydrogen-bond donors (Lipinski definition) is 1. The number of allylic oxidation sites excluding steroid dienone is 2. The minimum absolute atomic E-state index is 0.0618. The number of anilines is 1. The van der Waals surface area contributed by atoms with Gasteiger partial charge in [-0.3, -0.25) is 9.59 Å². The van der Waals surface area contributed by atoms with Crippen LogP contribution in [0.5, 0.6) is 0 Å².